The predicted molar refractivity (Wildman–Crippen MR) is 175 cm³/mol. The van der Waals surface area contributed by atoms with Gasteiger partial charge in [-0.2, -0.15) is 0 Å². The lowest BCUT2D eigenvalue weighted by atomic mass is 10.0. The lowest BCUT2D eigenvalue weighted by molar-refractivity contribution is -0.0177. The molecule has 10 nitrogen and oxygen atoms in total. The maximum absolute atomic E-state index is 14.3. The summed E-state index contributed by atoms with van der Waals surface area (Å²) in [6.45, 7) is 7.88. The molecule has 2 aromatic carbocycles. The van der Waals surface area contributed by atoms with Crippen LogP contribution in [0.25, 0.3) is 0 Å². The molecule has 0 saturated carbocycles. The Kier molecular flexibility index (Phi) is 12.3. The van der Waals surface area contributed by atoms with E-state index in [0.29, 0.717) is 25.4 Å². The monoisotopic (exact) mass is 638 g/mol. The third-order valence-corrected chi connectivity index (χ3v) is 9.45. The summed E-state index contributed by atoms with van der Waals surface area (Å²) < 4.78 is 41.5. The van der Waals surface area contributed by atoms with E-state index in [1.54, 1.807) is 54.5 Å². The number of nitrogens with zero attached hydrogens (tertiary/aromatic N) is 3. The van der Waals surface area contributed by atoms with Gasteiger partial charge in [0.1, 0.15) is 5.75 Å². The van der Waals surface area contributed by atoms with Crippen molar-refractivity contribution < 1.29 is 27.8 Å². The summed E-state index contributed by atoms with van der Waals surface area (Å²) in [5.41, 5.74) is 1.62. The highest BCUT2D eigenvalue weighted by Crippen LogP contribution is 2.29. The zero-order valence-electron chi connectivity index (χ0n) is 26.6. The van der Waals surface area contributed by atoms with Gasteiger partial charge in [-0.25, -0.2) is 8.42 Å². The zero-order valence-corrected chi connectivity index (χ0v) is 27.4. The number of amides is 1. The summed E-state index contributed by atoms with van der Waals surface area (Å²) in [6, 6.07) is 16.3. The number of carbonyl (C=O) groups is 1. The fourth-order valence-electron chi connectivity index (χ4n) is 5.43. The molecule has 0 bridgehead atoms. The molecule has 0 saturated heterocycles. The number of ether oxygens (including phenoxy) is 2. The Morgan fingerprint density at radius 1 is 1.09 bits per heavy atom. The van der Waals surface area contributed by atoms with E-state index in [-0.39, 0.29) is 46.8 Å². The lowest BCUT2D eigenvalue weighted by Crippen LogP contribution is -2.47. The molecule has 0 spiro atoms. The topological polar surface area (TPSA) is 121 Å². The van der Waals surface area contributed by atoms with Gasteiger partial charge >= 0.3 is 0 Å². The van der Waals surface area contributed by atoms with Gasteiger partial charge in [-0.1, -0.05) is 25.1 Å². The van der Waals surface area contributed by atoms with Gasteiger partial charge in [0, 0.05) is 50.2 Å². The minimum Gasteiger partial charge on any atom is -0.490 e. The Hall–Kier alpha value is -3.51. The Labute approximate surface area is 267 Å². The van der Waals surface area contributed by atoms with Gasteiger partial charge < -0.3 is 19.5 Å². The lowest BCUT2D eigenvalue weighted by Gasteiger charge is -2.36. The van der Waals surface area contributed by atoms with Crippen LogP contribution in [0.2, 0.25) is 0 Å². The molecule has 0 unspecified atom stereocenters. The number of nitrogens with one attached hydrogen (secondary N) is 1. The maximum atomic E-state index is 14.3. The van der Waals surface area contributed by atoms with E-state index in [2.05, 4.69) is 21.5 Å². The van der Waals surface area contributed by atoms with E-state index in [1.165, 1.54) is 18.2 Å². The fraction of sp³-hybridized carbons (Fsp3) is 0.471. The number of aliphatic hydroxyl groups excluding tert-OH is 1. The van der Waals surface area contributed by atoms with Gasteiger partial charge in [-0.3, -0.25) is 19.4 Å². The van der Waals surface area contributed by atoms with E-state index in [1.807, 2.05) is 26.1 Å². The molecule has 3 aromatic rings. The number of rotatable bonds is 9. The van der Waals surface area contributed by atoms with Gasteiger partial charge in [0.25, 0.3) is 15.9 Å². The van der Waals surface area contributed by atoms with Crippen LogP contribution in [0.5, 0.6) is 5.75 Å². The van der Waals surface area contributed by atoms with E-state index >= 15 is 0 Å². The maximum Gasteiger partial charge on any atom is 0.261 e. The highest BCUT2D eigenvalue weighted by molar-refractivity contribution is 7.92. The molecule has 1 amide bonds. The van der Waals surface area contributed by atoms with Crippen molar-refractivity contribution in [3.8, 4) is 5.75 Å². The molecular weight excluding hydrogens is 592 g/mol. The van der Waals surface area contributed by atoms with Crippen LogP contribution in [-0.4, -0.2) is 85.8 Å². The molecule has 2 heterocycles. The number of pyridine rings is 1. The summed E-state index contributed by atoms with van der Waals surface area (Å²) >= 11 is 0. The average Bonchev–Trinajstić information content (AvgIpc) is 3.03. The van der Waals surface area contributed by atoms with Gasteiger partial charge in [0.2, 0.25) is 0 Å². The van der Waals surface area contributed by atoms with Crippen molar-refractivity contribution in [2.75, 3.05) is 38.1 Å². The van der Waals surface area contributed by atoms with Crippen molar-refractivity contribution in [3.05, 3.63) is 84.2 Å². The smallest absolute Gasteiger partial charge is 0.261 e. The van der Waals surface area contributed by atoms with E-state index < -0.39 is 16.1 Å². The highest BCUT2D eigenvalue weighted by atomic mass is 32.2. The third-order valence-electron chi connectivity index (χ3n) is 8.05. The largest absolute Gasteiger partial charge is 0.490 e. The van der Waals surface area contributed by atoms with Gasteiger partial charge in [0.05, 0.1) is 35.3 Å². The number of aromatic nitrogens is 1. The molecule has 1 aliphatic rings. The Morgan fingerprint density at radius 2 is 1.82 bits per heavy atom. The van der Waals surface area contributed by atoms with Crippen molar-refractivity contribution in [1.29, 1.82) is 0 Å². The van der Waals surface area contributed by atoms with E-state index in [0.717, 1.165) is 31.4 Å². The molecule has 4 rings (SSSR count). The summed E-state index contributed by atoms with van der Waals surface area (Å²) in [5, 5.41) is 10.2. The predicted octanol–water partition coefficient (Wildman–Crippen LogP) is 4.81. The summed E-state index contributed by atoms with van der Waals surface area (Å²) in [5.74, 6) is -0.0546. The Balaban J connectivity index is 1.64. The number of hydrogen-bond acceptors (Lipinski definition) is 8. The van der Waals surface area contributed by atoms with E-state index in [4.69, 9.17) is 9.47 Å². The first kappa shape index (κ1) is 34.4. The second-order valence-corrected chi connectivity index (χ2v) is 13.7. The van der Waals surface area contributed by atoms with Crippen molar-refractivity contribution in [3.63, 3.8) is 0 Å². The van der Waals surface area contributed by atoms with Crippen LogP contribution in [0.15, 0.2) is 78.0 Å². The molecule has 45 heavy (non-hydrogen) atoms. The van der Waals surface area contributed by atoms with Crippen LogP contribution < -0.4 is 9.46 Å². The molecule has 1 aliphatic heterocycles. The Bertz CT molecular complexity index is 1470. The highest BCUT2D eigenvalue weighted by Gasteiger charge is 2.30. The quantitative estimate of drug-likeness (QED) is 0.343. The average molecular weight is 639 g/mol. The van der Waals surface area contributed by atoms with Crippen LogP contribution in [0, 0.1) is 5.92 Å². The first-order valence-electron chi connectivity index (χ1n) is 15.6. The molecule has 244 valence electrons. The fourth-order valence-corrected chi connectivity index (χ4v) is 6.50. The second-order valence-electron chi connectivity index (χ2n) is 12.0. The zero-order chi connectivity index (χ0) is 32.4. The van der Waals surface area contributed by atoms with Crippen molar-refractivity contribution in [2.24, 2.45) is 5.92 Å². The SMILES string of the molecule is C[C@@H]1CN([C@H](C)CO)C(=O)c2cc(NS(=O)(=O)c3ccccc3)ccc2O[C@@H](C)CCCCO[C@H]1CN(C)Cc1ccncc1. The van der Waals surface area contributed by atoms with Crippen molar-refractivity contribution >= 4 is 21.6 Å². The number of sulfonamides is 1. The van der Waals surface area contributed by atoms with Gasteiger partial charge in [-0.15, -0.1) is 0 Å². The number of benzene rings is 2. The minimum absolute atomic E-state index is 0.0751. The summed E-state index contributed by atoms with van der Waals surface area (Å²) in [7, 11) is -1.83. The molecule has 0 radical (unpaired) electrons. The van der Waals surface area contributed by atoms with Gasteiger partial charge in [-0.05, 0) is 88.2 Å². The molecule has 0 aliphatic carbocycles. The molecular formula is C34H46N4O6S. The van der Waals surface area contributed by atoms with Crippen LogP contribution in [-0.2, 0) is 21.3 Å². The van der Waals surface area contributed by atoms with Crippen LogP contribution in [0.1, 0.15) is 56.0 Å². The van der Waals surface area contributed by atoms with Crippen molar-refractivity contribution in [1.82, 2.24) is 14.8 Å². The first-order chi connectivity index (χ1) is 21.6. The van der Waals surface area contributed by atoms with Crippen LogP contribution >= 0.6 is 0 Å². The van der Waals surface area contributed by atoms with Crippen molar-refractivity contribution in [2.45, 2.75) is 69.7 Å². The molecule has 0 fully saturated rings. The minimum atomic E-state index is -3.88. The summed E-state index contributed by atoms with van der Waals surface area (Å²) in [6.07, 6.45) is 5.73. The first-order valence-corrected chi connectivity index (χ1v) is 17.0. The van der Waals surface area contributed by atoms with E-state index in [9.17, 15) is 18.3 Å². The molecule has 1 aromatic heterocycles. The molecule has 4 atom stereocenters. The number of hydrogen-bond donors (Lipinski definition) is 2. The normalized spacial score (nSPS) is 21.0. The number of anilines is 1. The number of aliphatic hydroxyl groups is 1. The number of likely N-dealkylation sites (N-methyl/N-ethyl adjacent to an activating group) is 1. The van der Waals surface area contributed by atoms with Gasteiger partial charge in [0.15, 0.2) is 0 Å². The second kappa shape index (κ2) is 16.2. The third kappa shape index (κ3) is 9.74. The molecule has 2 N–H and O–H groups in total. The Morgan fingerprint density at radius 3 is 2.53 bits per heavy atom. The molecule has 11 heteroatoms. The summed E-state index contributed by atoms with van der Waals surface area (Å²) in [4.78, 5) is 22.4. The van der Waals surface area contributed by atoms with Crippen LogP contribution in [0.3, 0.4) is 0 Å². The van der Waals surface area contributed by atoms with Crippen LogP contribution in [0.4, 0.5) is 5.69 Å². The standard InChI is InChI=1S/C34H46N4O6S/c1-25-21-38(26(2)24-39)34(40)31-20-29(36-45(41,42)30-11-6-5-7-12-30)13-14-32(31)44-27(3)10-8-9-19-43-33(25)23-37(4)22-28-15-17-35-18-16-28/h5-7,11-18,20,25-27,33,36,39H,8-10,19,21-24H2,1-4H3/t25-,26-,27+,33+/m1/s1. The number of fused-ring (bicyclic) bond motifs is 1. The number of carbonyl (C=O) groups excluding carboxylic acids is 1.